The molecule has 0 bridgehead atoms. The summed E-state index contributed by atoms with van der Waals surface area (Å²) >= 11 is 5.23. The van der Waals surface area contributed by atoms with Crippen LogP contribution in [0.3, 0.4) is 0 Å². The van der Waals surface area contributed by atoms with Gasteiger partial charge in [0, 0.05) is 64.6 Å². The molecule has 6 heterocycles. The van der Waals surface area contributed by atoms with Gasteiger partial charge in [0.05, 0.1) is 32.9 Å². The van der Waals surface area contributed by atoms with Crippen LogP contribution in [0.1, 0.15) is 0 Å². The summed E-state index contributed by atoms with van der Waals surface area (Å²) in [7, 11) is 0. The van der Waals surface area contributed by atoms with Crippen LogP contribution in [-0.2, 0) is 0 Å². The van der Waals surface area contributed by atoms with E-state index in [1.807, 2.05) is 18.8 Å². The molecule has 6 aromatic heterocycles. The second-order valence-corrected chi connectivity index (χ2v) is 12.0. The van der Waals surface area contributed by atoms with Crippen molar-refractivity contribution in [1.29, 1.82) is 0 Å². The molecular formula is C30H12O3S3. The maximum absolute atomic E-state index is 6.13. The van der Waals surface area contributed by atoms with Crippen molar-refractivity contribution in [2.45, 2.75) is 0 Å². The normalized spacial score (nSPS) is 13.0. The highest BCUT2D eigenvalue weighted by Gasteiger charge is 2.26. The smallest absolute Gasteiger partial charge is 0.152 e. The quantitative estimate of drug-likeness (QED) is 0.188. The lowest BCUT2D eigenvalue weighted by Crippen LogP contribution is -1.88. The van der Waals surface area contributed by atoms with Gasteiger partial charge in [0.25, 0.3) is 0 Å². The molecular weight excluding hydrogens is 505 g/mol. The molecule has 6 heteroatoms. The Morgan fingerprint density at radius 1 is 0.361 bits per heavy atom. The van der Waals surface area contributed by atoms with Gasteiger partial charge in [0.15, 0.2) is 16.7 Å². The van der Waals surface area contributed by atoms with Gasteiger partial charge in [0.1, 0.15) is 0 Å². The maximum Gasteiger partial charge on any atom is 0.152 e. The Balaban J connectivity index is 1.78. The van der Waals surface area contributed by atoms with Crippen molar-refractivity contribution in [3.05, 3.63) is 71.3 Å². The van der Waals surface area contributed by atoms with Crippen molar-refractivity contribution >= 4 is 129 Å². The lowest BCUT2D eigenvalue weighted by molar-refractivity contribution is 0.619. The molecule has 0 aliphatic carbocycles. The molecule has 10 rings (SSSR count). The summed E-state index contributed by atoms with van der Waals surface area (Å²) in [6.07, 6.45) is 5.49. The van der Waals surface area contributed by atoms with Gasteiger partial charge in [-0.3, -0.25) is 0 Å². The molecule has 0 saturated heterocycles. The van der Waals surface area contributed by atoms with Crippen LogP contribution in [0.5, 0.6) is 0 Å². The summed E-state index contributed by atoms with van der Waals surface area (Å²) in [6, 6.07) is 13.2. The molecule has 4 aromatic carbocycles. The highest BCUT2D eigenvalue weighted by Crippen LogP contribution is 2.54. The number of hydrogen-bond donors (Lipinski definition) is 0. The van der Waals surface area contributed by atoms with Crippen LogP contribution in [0, 0.1) is 0 Å². The summed E-state index contributed by atoms with van der Waals surface area (Å²) < 4.78 is 22.0. The molecule has 0 unspecified atom stereocenters. The van der Waals surface area contributed by atoms with Crippen LogP contribution in [0.25, 0.3) is 95.5 Å². The molecule has 0 radical (unpaired) electrons. The Bertz CT molecular complexity index is 2050. The molecule has 0 N–H and O–H groups in total. The zero-order valence-electron chi connectivity index (χ0n) is 18.4. The monoisotopic (exact) mass is 516 g/mol. The molecule has 0 atom stereocenters. The molecule has 168 valence electrons. The molecule has 0 fully saturated rings. The molecule has 0 aliphatic rings. The van der Waals surface area contributed by atoms with E-state index in [1.165, 1.54) is 62.6 Å². The van der Waals surface area contributed by atoms with Crippen LogP contribution >= 0.6 is 34.0 Å². The minimum absolute atomic E-state index is 0.962. The third-order valence-electron chi connectivity index (χ3n) is 7.73. The van der Waals surface area contributed by atoms with Crippen molar-refractivity contribution in [3.63, 3.8) is 0 Å². The lowest BCUT2D eigenvalue weighted by Gasteiger charge is -2.16. The number of rotatable bonds is 0. The van der Waals surface area contributed by atoms with E-state index in [2.05, 4.69) is 52.5 Å². The van der Waals surface area contributed by atoms with E-state index in [0.29, 0.717) is 0 Å². The first-order chi connectivity index (χ1) is 17.9. The van der Waals surface area contributed by atoms with Gasteiger partial charge in [-0.2, -0.15) is 0 Å². The van der Waals surface area contributed by atoms with Crippen molar-refractivity contribution in [1.82, 2.24) is 0 Å². The highest BCUT2D eigenvalue weighted by atomic mass is 32.1. The topological polar surface area (TPSA) is 39.4 Å². The standard InChI is InChI=1S/C30H12O3S3/c1-7-31-25-13(1)19-22(16-4-10-34-28(16)25)20-14-2-9-33-27(14)30-18(6-12-36-30)24(20)21-15-3-8-32-26(15)29-17(23(19)21)5-11-35-29/h1-12H. The third kappa shape index (κ3) is 1.90. The summed E-state index contributed by atoms with van der Waals surface area (Å²) in [5, 5.41) is 21.3. The number of hydrogen-bond acceptors (Lipinski definition) is 6. The van der Waals surface area contributed by atoms with Gasteiger partial charge in [-0.25, -0.2) is 0 Å². The van der Waals surface area contributed by atoms with E-state index in [9.17, 15) is 0 Å². The predicted octanol–water partition coefficient (Wildman–Crippen LogP) is 11.0. The number of fused-ring (bicyclic) bond motifs is 21. The molecule has 0 aliphatic heterocycles. The largest absolute Gasteiger partial charge is 0.463 e. The fourth-order valence-electron chi connectivity index (χ4n) is 6.46. The zero-order chi connectivity index (χ0) is 23.1. The summed E-state index contributed by atoms with van der Waals surface area (Å²) in [6.45, 7) is 0. The fraction of sp³-hybridized carbons (Fsp3) is 0. The van der Waals surface area contributed by atoms with Gasteiger partial charge >= 0.3 is 0 Å². The number of thiophene rings is 3. The van der Waals surface area contributed by atoms with Gasteiger partial charge in [0.2, 0.25) is 0 Å². The molecule has 0 amide bonds. The van der Waals surface area contributed by atoms with Crippen LogP contribution in [0.15, 0.2) is 84.6 Å². The molecule has 3 nitrogen and oxygen atoms in total. The molecule has 0 spiro atoms. The van der Waals surface area contributed by atoms with Crippen LogP contribution in [0.2, 0.25) is 0 Å². The Kier molecular flexibility index (Phi) is 3.12. The lowest BCUT2D eigenvalue weighted by atomic mass is 9.86. The Hall–Kier alpha value is -3.84. The average Bonchev–Trinajstić information content (AvgIpc) is 3.73. The van der Waals surface area contributed by atoms with Crippen molar-refractivity contribution in [2.24, 2.45) is 0 Å². The van der Waals surface area contributed by atoms with E-state index >= 15 is 0 Å². The molecule has 10 aromatic rings. The van der Waals surface area contributed by atoms with Gasteiger partial charge in [-0.15, -0.1) is 34.0 Å². The van der Waals surface area contributed by atoms with Crippen LogP contribution < -0.4 is 0 Å². The van der Waals surface area contributed by atoms with Crippen LogP contribution in [0.4, 0.5) is 0 Å². The molecule has 36 heavy (non-hydrogen) atoms. The predicted molar refractivity (Wildman–Crippen MR) is 154 cm³/mol. The summed E-state index contributed by atoms with van der Waals surface area (Å²) in [5.74, 6) is 0. The number of furan rings is 3. The zero-order valence-corrected chi connectivity index (χ0v) is 20.8. The third-order valence-corrected chi connectivity index (χ3v) is 10.5. The fourth-order valence-corrected chi connectivity index (χ4v) is 9.17. The van der Waals surface area contributed by atoms with Crippen LogP contribution in [-0.4, -0.2) is 0 Å². The highest BCUT2D eigenvalue weighted by molar-refractivity contribution is 7.19. The minimum Gasteiger partial charge on any atom is -0.463 e. The van der Waals surface area contributed by atoms with Gasteiger partial charge in [-0.05, 0) is 52.5 Å². The maximum atomic E-state index is 6.13. The van der Waals surface area contributed by atoms with Gasteiger partial charge in [-0.1, -0.05) is 0 Å². The Morgan fingerprint density at radius 2 is 0.667 bits per heavy atom. The second-order valence-electron chi connectivity index (χ2n) is 9.23. The Morgan fingerprint density at radius 3 is 1.00 bits per heavy atom. The summed E-state index contributed by atoms with van der Waals surface area (Å²) in [5.41, 5.74) is 2.89. The van der Waals surface area contributed by atoms with E-state index < -0.39 is 0 Å². The first kappa shape index (κ1) is 18.4. The van der Waals surface area contributed by atoms with Crippen molar-refractivity contribution in [2.75, 3.05) is 0 Å². The Labute approximate surface area is 213 Å². The molecule has 0 saturated carbocycles. The van der Waals surface area contributed by atoms with Crippen molar-refractivity contribution in [3.8, 4) is 0 Å². The first-order valence-corrected chi connectivity index (χ1v) is 14.3. The van der Waals surface area contributed by atoms with Crippen molar-refractivity contribution < 1.29 is 13.3 Å². The van der Waals surface area contributed by atoms with E-state index in [-0.39, 0.29) is 0 Å². The van der Waals surface area contributed by atoms with E-state index in [4.69, 9.17) is 13.3 Å². The second kappa shape index (κ2) is 6.10. The SMILES string of the molecule is c1cc2c(o1)c1sccc1c1c3c4ccoc4c4sccc4c3c3c4ccoc4c4sccc4c3c21. The first-order valence-electron chi connectivity index (χ1n) is 11.6. The minimum atomic E-state index is 0.962. The summed E-state index contributed by atoms with van der Waals surface area (Å²) in [4.78, 5) is 0. The average molecular weight is 517 g/mol. The number of benzene rings is 4. The van der Waals surface area contributed by atoms with Gasteiger partial charge < -0.3 is 13.3 Å². The van der Waals surface area contributed by atoms with E-state index in [0.717, 1.165) is 32.9 Å². The van der Waals surface area contributed by atoms with E-state index in [1.54, 1.807) is 34.0 Å².